The van der Waals surface area contributed by atoms with Crippen molar-refractivity contribution in [3.05, 3.63) is 23.3 Å². The lowest BCUT2D eigenvalue weighted by molar-refractivity contribution is 0.0424. The first-order valence-electron chi connectivity index (χ1n) is 6.15. The van der Waals surface area contributed by atoms with Crippen LogP contribution in [0.25, 0.3) is 0 Å². The molecule has 0 radical (unpaired) electrons. The highest BCUT2D eigenvalue weighted by molar-refractivity contribution is 5.48. The van der Waals surface area contributed by atoms with Crippen LogP contribution in [0.1, 0.15) is 25.0 Å². The Bertz CT molecular complexity index is 437. The number of likely N-dealkylation sites (N-methyl/N-ethyl adjacent to an activating group) is 1. The summed E-state index contributed by atoms with van der Waals surface area (Å²) < 4.78 is 10.7. The molecule has 4 nitrogen and oxygen atoms in total. The molecule has 0 aromatic heterocycles. The van der Waals surface area contributed by atoms with Crippen LogP contribution in [-0.4, -0.2) is 36.0 Å². The normalized spacial score (nSPS) is 14.3. The molecule has 0 unspecified atom stereocenters. The molecule has 1 heterocycles. The molecule has 1 aromatic rings. The smallest absolute Gasteiger partial charge is 0.231 e. The maximum atomic E-state index is 9.80. The third-order valence-corrected chi connectivity index (χ3v) is 2.93. The number of hydrogen-bond acceptors (Lipinski definition) is 4. The largest absolute Gasteiger partial charge is 0.454 e. The van der Waals surface area contributed by atoms with E-state index in [1.54, 1.807) is 0 Å². The van der Waals surface area contributed by atoms with Gasteiger partial charge in [0.05, 0.1) is 5.60 Å². The Kier molecular flexibility index (Phi) is 3.50. The molecule has 1 aliphatic heterocycles. The van der Waals surface area contributed by atoms with Gasteiger partial charge in [-0.05, 0) is 51.1 Å². The Morgan fingerprint density at radius 1 is 1.28 bits per heavy atom. The topological polar surface area (TPSA) is 41.9 Å². The van der Waals surface area contributed by atoms with Gasteiger partial charge in [-0.2, -0.15) is 0 Å². The van der Waals surface area contributed by atoms with E-state index in [4.69, 9.17) is 9.47 Å². The first-order chi connectivity index (χ1) is 8.35. The van der Waals surface area contributed by atoms with Crippen LogP contribution in [0.15, 0.2) is 12.1 Å². The predicted octanol–water partition coefficient (Wildman–Crippen LogP) is 1.93. The fourth-order valence-electron chi connectivity index (χ4n) is 2.26. The minimum Gasteiger partial charge on any atom is -0.454 e. The standard InChI is InChI=1S/C14H21NO3/c1-10-5-12-13(18-9-17-12)6-11(10)7-15(4)8-14(2,3)16/h5-6,16H,7-9H2,1-4H3. The fraction of sp³-hybridized carbons (Fsp3) is 0.571. The lowest BCUT2D eigenvalue weighted by Crippen LogP contribution is -2.35. The molecule has 1 aliphatic rings. The molecule has 2 rings (SSSR count). The zero-order valence-corrected chi connectivity index (χ0v) is 11.5. The second-order valence-corrected chi connectivity index (χ2v) is 5.62. The number of nitrogens with zero attached hydrogens (tertiary/aromatic N) is 1. The van der Waals surface area contributed by atoms with Crippen molar-refractivity contribution in [2.24, 2.45) is 0 Å². The van der Waals surface area contributed by atoms with E-state index in [0.717, 1.165) is 18.0 Å². The van der Waals surface area contributed by atoms with E-state index >= 15 is 0 Å². The Morgan fingerprint density at radius 3 is 2.50 bits per heavy atom. The van der Waals surface area contributed by atoms with Gasteiger partial charge in [0.1, 0.15) is 0 Å². The lowest BCUT2D eigenvalue weighted by Gasteiger charge is -2.26. The predicted molar refractivity (Wildman–Crippen MR) is 69.9 cm³/mol. The summed E-state index contributed by atoms with van der Waals surface area (Å²) in [5.74, 6) is 1.63. The minimum absolute atomic E-state index is 0.303. The molecule has 0 saturated heterocycles. The average molecular weight is 251 g/mol. The van der Waals surface area contributed by atoms with Gasteiger partial charge < -0.3 is 14.6 Å². The minimum atomic E-state index is -0.682. The fourth-order valence-corrected chi connectivity index (χ4v) is 2.26. The number of aliphatic hydroxyl groups is 1. The second-order valence-electron chi connectivity index (χ2n) is 5.62. The molecule has 100 valence electrons. The number of rotatable bonds is 4. The van der Waals surface area contributed by atoms with Gasteiger partial charge in [-0.1, -0.05) is 0 Å². The molecule has 18 heavy (non-hydrogen) atoms. The van der Waals surface area contributed by atoms with Crippen molar-refractivity contribution in [1.82, 2.24) is 4.90 Å². The van der Waals surface area contributed by atoms with Crippen LogP contribution in [0.5, 0.6) is 11.5 Å². The van der Waals surface area contributed by atoms with Gasteiger partial charge in [-0.25, -0.2) is 0 Å². The van der Waals surface area contributed by atoms with Gasteiger partial charge in [-0.15, -0.1) is 0 Å². The van der Waals surface area contributed by atoms with Gasteiger partial charge in [0.25, 0.3) is 0 Å². The molecule has 0 saturated carbocycles. The zero-order valence-electron chi connectivity index (χ0n) is 11.5. The number of aryl methyl sites for hydroxylation is 1. The van der Waals surface area contributed by atoms with Crippen molar-refractivity contribution >= 4 is 0 Å². The van der Waals surface area contributed by atoms with E-state index in [1.165, 1.54) is 11.1 Å². The maximum absolute atomic E-state index is 9.80. The van der Waals surface area contributed by atoms with Crippen LogP contribution in [0.4, 0.5) is 0 Å². The van der Waals surface area contributed by atoms with Crippen LogP contribution in [0.2, 0.25) is 0 Å². The van der Waals surface area contributed by atoms with Gasteiger partial charge in [0, 0.05) is 13.1 Å². The maximum Gasteiger partial charge on any atom is 0.231 e. The molecule has 0 amide bonds. The van der Waals surface area contributed by atoms with Crippen LogP contribution < -0.4 is 9.47 Å². The molecule has 0 fully saturated rings. The van der Waals surface area contributed by atoms with Crippen molar-refractivity contribution in [1.29, 1.82) is 0 Å². The van der Waals surface area contributed by atoms with Crippen LogP contribution >= 0.6 is 0 Å². The molecule has 4 heteroatoms. The molecule has 1 N–H and O–H groups in total. The number of fused-ring (bicyclic) bond motifs is 1. The van der Waals surface area contributed by atoms with Crippen molar-refractivity contribution in [2.45, 2.75) is 32.9 Å². The van der Waals surface area contributed by atoms with E-state index in [0.29, 0.717) is 13.3 Å². The highest BCUT2D eigenvalue weighted by Gasteiger charge is 2.19. The summed E-state index contributed by atoms with van der Waals surface area (Å²) in [6.45, 7) is 7.41. The summed E-state index contributed by atoms with van der Waals surface area (Å²) >= 11 is 0. The van der Waals surface area contributed by atoms with Crippen LogP contribution in [-0.2, 0) is 6.54 Å². The third kappa shape index (κ3) is 3.15. The summed E-state index contributed by atoms with van der Waals surface area (Å²) in [4.78, 5) is 2.10. The first kappa shape index (κ1) is 13.2. The average Bonchev–Trinajstić information content (AvgIpc) is 2.62. The summed E-state index contributed by atoms with van der Waals surface area (Å²) in [5.41, 5.74) is 1.70. The Balaban J connectivity index is 2.10. The Morgan fingerprint density at radius 2 is 1.89 bits per heavy atom. The summed E-state index contributed by atoms with van der Waals surface area (Å²) in [6.07, 6.45) is 0. The highest BCUT2D eigenvalue weighted by atomic mass is 16.7. The van der Waals surface area contributed by atoms with E-state index in [2.05, 4.69) is 11.8 Å². The van der Waals surface area contributed by atoms with Crippen molar-refractivity contribution in [3.63, 3.8) is 0 Å². The molecule has 0 atom stereocenters. The van der Waals surface area contributed by atoms with Gasteiger partial charge >= 0.3 is 0 Å². The number of ether oxygens (including phenoxy) is 2. The van der Waals surface area contributed by atoms with E-state index in [-0.39, 0.29) is 0 Å². The van der Waals surface area contributed by atoms with Crippen molar-refractivity contribution in [2.75, 3.05) is 20.4 Å². The quantitative estimate of drug-likeness (QED) is 0.888. The molecule has 0 bridgehead atoms. The lowest BCUT2D eigenvalue weighted by atomic mass is 10.1. The second kappa shape index (κ2) is 4.78. The highest BCUT2D eigenvalue weighted by Crippen LogP contribution is 2.34. The molecule has 1 aromatic carbocycles. The first-order valence-corrected chi connectivity index (χ1v) is 6.15. The Labute approximate surface area is 108 Å². The number of benzene rings is 1. The van der Waals surface area contributed by atoms with Gasteiger partial charge in [0.2, 0.25) is 6.79 Å². The van der Waals surface area contributed by atoms with Gasteiger partial charge in [-0.3, -0.25) is 4.90 Å². The molecule has 0 spiro atoms. The summed E-state index contributed by atoms with van der Waals surface area (Å²) in [7, 11) is 2.00. The monoisotopic (exact) mass is 251 g/mol. The van der Waals surface area contributed by atoms with E-state index < -0.39 is 5.60 Å². The SMILES string of the molecule is Cc1cc2c(cc1CN(C)CC(C)(C)O)OCO2. The van der Waals surface area contributed by atoms with Crippen LogP contribution in [0.3, 0.4) is 0 Å². The van der Waals surface area contributed by atoms with Gasteiger partial charge in [0.15, 0.2) is 11.5 Å². The molecule has 0 aliphatic carbocycles. The Hall–Kier alpha value is -1.26. The third-order valence-electron chi connectivity index (χ3n) is 2.93. The summed E-state index contributed by atoms with van der Waals surface area (Å²) in [5, 5.41) is 9.80. The number of hydrogen-bond donors (Lipinski definition) is 1. The van der Waals surface area contributed by atoms with Crippen LogP contribution in [0, 0.1) is 6.92 Å². The summed E-state index contributed by atoms with van der Waals surface area (Å²) in [6, 6.07) is 4.04. The van der Waals surface area contributed by atoms with E-state index in [1.807, 2.05) is 33.0 Å². The van der Waals surface area contributed by atoms with Crippen molar-refractivity contribution in [3.8, 4) is 11.5 Å². The van der Waals surface area contributed by atoms with Crippen molar-refractivity contribution < 1.29 is 14.6 Å². The molecular formula is C14H21NO3. The zero-order chi connectivity index (χ0) is 13.3. The van der Waals surface area contributed by atoms with E-state index in [9.17, 15) is 5.11 Å². The molecular weight excluding hydrogens is 230 g/mol.